The van der Waals surface area contributed by atoms with Gasteiger partial charge < -0.3 is 20.4 Å². The van der Waals surface area contributed by atoms with Gasteiger partial charge in [0.1, 0.15) is 0 Å². The van der Waals surface area contributed by atoms with Gasteiger partial charge in [-0.05, 0) is 40.4 Å². The minimum atomic E-state index is 0. The van der Waals surface area contributed by atoms with Crippen LogP contribution < -0.4 is 10.6 Å². The molecule has 1 fully saturated rings. The van der Waals surface area contributed by atoms with E-state index in [2.05, 4.69) is 46.3 Å². The van der Waals surface area contributed by atoms with E-state index in [0.29, 0.717) is 0 Å². The predicted octanol–water partition coefficient (Wildman–Crippen LogP) is 0.817. The molecular formula is C13H30IN5. The zero-order valence-electron chi connectivity index (χ0n) is 12.6. The molecule has 1 saturated heterocycles. The number of halogens is 1. The molecule has 1 aliphatic rings. The summed E-state index contributed by atoms with van der Waals surface area (Å²) in [4.78, 5) is 9.51. The van der Waals surface area contributed by atoms with Crippen molar-refractivity contribution in [1.82, 2.24) is 20.4 Å². The summed E-state index contributed by atoms with van der Waals surface area (Å²) >= 11 is 0. The van der Waals surface area contributed by atoms with Crippen LogP contribution in [0.5, 0.6) is 0 Å². The second-order valence-electron chi connectivity index (χ2n) is 4.79. The van der Waals surface area contributed by atoms with Crippen molar-refractivity contribution in [2.24, 2.45) is 4.99 Å². The van der Waals surface area contributed by atoms with Crippen LogP contribution >= 0.6 is 24.0 Å². The molecule has 0 amide bonds. The minimum Gasteiger partial charge on any atom is -0.357 e. The first kappa shape index (κ1) is 18.9. The van der Waals surface area contributed by atoms with Crippen LogP contribution in [0.25, 0.3) is 0 Å². The van der Waals surface area contributed by atoms with Gasteiger partial charge in [-0.3, -0.25) is 4.99 Å². The van der Waals surface area contributed by atoms with Crippen molar-refractivity contribution in [2.45, 2.75) is 20.3 Å². The molecule has 0 radical (unpaired) electrons. The summed E-state index contributed by atoms with van der Waals surface area (Å²) in [5.41, 5.74) is 0. The summed E-state index contributed by atoms with van der Waals surface area (Å²) in [5, 5.41) is 6.51. The van der Waals surface area contributed by atoms with Crippen molar-refractivity contribution < 1.29 is 0 Å². The Morgan fingerprint density at radius 2 is 1.74 bits per heavy atom. The maximum absolute atomic E-state index is 4.59. The lowest BCUT2D eigenvalue weighted by Gasteiger charge is -2.19. The SMILES string of the molecule is CCNC(=NCCN1CCCN(C)CC1)NCC.I. The van der Waals surface area contributed by atoms with Gasteiger partial charge in [0.05, 0.1) is 6.54 Å². The highest BCUT2D eigenvalue weighted by atomic mass is 127. The number of nitrogens with zero attached hydrogens (tertiary/aromatic N) is 3. The van der Waals surface area contributed by atoms with E-state index in [9.17, 15) is 0 Å². The summed E-state index contributed by atoms with van der Waals surface area (Å²) in [6, 6.07) is 0. The molecule has 0 atom stereocenters. The van der Waals surface area contributed by atoms with Gasteiger partial charge in [0, 0.05) is 32.7 Å². The third kappa shape index (κ3) is 8.65. The van der Waals surface area contributed by atoms with Crippen molar-refractivity contribution in [2.75, 3.05) is 59.4 Å². The Kier molecular flexibility index (Phi) is 11.7. The Hall–Kier alpha value is -0.0800. The third-order valence-electron chi connectivity index (χ3n) is 3.19. The number of hydrogen-bond donors (Lipinski definition) is 2. The van der Waals surface area contributed by atoms with Crippen LogP contribution in [0.3, 0.4) is 0 Å². The number of hydrogen-bond acceptors (Lipinski definition) is 3. The van der Waals surface area contributed by atoms with Gasteiger partial charge in [-0.2, -0.15) is 0 Å². The molecule has 1 rings (SSSR count). The van der Waals surface area contributed by atoms with E-state index in [4.69, 9.17) is 0 Å². The smallest absolute Gasteiger partial charge is 0.191 e. The Balaban J connectivity index is 0.00000324. The number of aliphatic imine (C=N–C) groups is 1. The first-order valence-corrected chi connectivity index (χ1v) is 7.19. The minimum absolute atomic E-state index is 0. The van der Waals surface area contributed by atoms with Crippen LogP contribution in [0.1, 0.15) is 20.3 Å². The number of nitrogens with one attached hydrogen (secondary N) is 2. The third-order valence-corrected chi connectivity index (χ3v) is 3.19. The van der Waals surface area contributed by atoms with Crippen molar-refractivity contribution in [3.05, 3.63) is 0 Å². The highest BCUT2D eigenvalue weighted by Crippen LogP contribution is 2.00. The fourth-order valence-corrected chi connectivity index (χ4v) is 2.14. The lowest BCUT2D eigenvalue weighted by atomic mass is 10.4. The second kappa shape index (κ2) is 11.7. The molecule has 1 aliphatic heterocycles. The second-order valence-corrected chi connectivity index (χ2v) is 4.79. The fourth-order valence-electron chi connectivity index (χ4n) is 2.14. The zero-order valence-corrected chi connectivity index (χ0v) is 14.9. The van der Waals surface area contributed by atoms with Gasteiger partial charge >= 0.3 is 0 Å². The van der Waals surface area contributed by atoms with E-state index < -0.39 is 0 Å². The van der Waals surface area contributed by atoms with Gasteiger partial charge in [0.25, 0.3) is 0 Å². The topological polar surface area (TPSA) is 42.9 Å². The average molecular weight is 383 g/mol. The van der Waals surface area contributed by atoms with Gasteiger partial charge in [0.2, 0.25) is 0 Å². The Morgan fingerprint density at radius 1 is 1.05 bits per heavy atom. The van der Waals surface area contributed by atoms with Gasteiger partial charge in [0.15, 0.2) is 5.96 Å². The summed E-state index contributed by atoms with van der Waals surface area (Å²) in [6.45, 7) is 12.7. The predicted molar refractivity (Wildman–Crippen MR) is 93.6 cm³/mol. The van der Waals surface area contributed by atoms with Gasteiger partial charge in [-0.1, -0.05) is 0 Å². The molecule has 114 valence electrons. The maximum atomic E-state index is 4.59. The molecule has 6 heteroatoms. The van der Waals surface area contributed by atoms with Crippen LogP contribution in [0.15, 0.2) is 4.99 Å². The zero-order chi connectivity index (χ0) is 13.2. The molecular weight excluding hydrogens is 353 g/mol. The summed E-state index contributed by atoms with van der Waals surface area (Å²) in [7, 11) is 2.20. The molecule has 0 spiro atoms. The molecule has 5 nitrogen and oxygen atoms in total. The monoisotopic (exact) mass is 383 g/mol. The first-order valence-electron chi connectivity index (χ1n) is 7.19. The van der Waals surface area contributed by atoms with Crippen LogP contribution in [-0.4, -0.2) is 75.2 Å². The first-order chi connectivity index (χ1) is 8.76. The molecule has 2 N–H and O–H groups in total. The standard InChI is InChI=1S/C13H29N5.HI/c1-4-14-13(15-5-2)16-7-10-18-9-6-8-17(3)11-12-18;/h4-12H2,1-3H3,(H2,14,15,16);1H. The van der Waals surface area contributed by atoms with Crippen LogP contribution in [0, 0.1) is 0 Å². The lowest BCUT2D eigenvalue weighted by molar-refractivity contribution is 0.283. The Labute approximate surface area is 135 Å². The highest BCUT2D eigenvalue weighted by Gasteiger charge is 2.10. The normalized spacial score (nSPS) is 17.2. The Morgan fingerprint density at radius 3 is 2.37 bits per heavy atom. The van der Waals surface area contributed by atoms with E-state index in [0.717, 1.165) is 32.1 Å². The van der Waals surface area contributed by atoms with Crippen molar-refractivity contribution in [1.29, 1.82) is 0 Å². The van der Waals surface area contributed by atoms with Crippen molar-refractivity contribution in [3.8, 4) is 0 Å². The Bertz CT molecular complexity index is 239. The molecule has 19 heavy (non-hydrogen) atoms. The molecule has 1 heterocycles. The summed E-state index contributed by atoms with van der Waals surface area (Å²) in [5.74, 6) is 0.937. The van der Waals surface area contributed by atoms with Crippen molar-refractivity contribution >= 4 is 29.9 Å². The lowest BCUT2D eigenvalue weighted by Crippen LogP contribution is -2.38. The van der Waals surface area contributed by atoms with E-state index in [1.807, 2.05) is 0 Å². The molecule has 0 unspecified atom stereocenters. The van der Waals surface area contributed by atoms with E-state index in [1.54, 1.807) is 0 Å². The molecule has 0 bridgehead atoms. The quantitative estimate of drug-likeness (QED) is 0.419. The van der Waals surface area contributed by atoms with E-state index in [-0.39, 0.29) is 24.0 Å². The number of guanidine groups is 1. The molecule has 0 aromatic heterocycles. The molecule has 0 aromatic rings. The van der Waals surface area contributed by atoms with Crippen LogP contribution in [0.2, 0.25) is 0 Å². The van der Waals surface area contributed by atoms with Gasteiger partial charge in [-0.15, -0.1) is 24.0 Å². The van der Waals surface area contributed by atoms with Gasteiger partial charge in [-0.25, -0.2) is 0 Å². The van der Waals surface area contributed by atoms with E-state index >= 15 is 0 Å². The summed E-state index contributed by atoms with van der Waals surface area (Å²) < 4.78 is 0. The molecule has 0 aliphatic carbocycles. The molecule has 0 aromatic carbocycles. The number of likely N-dealkylation sites (N-methyl/N-ethyl adjacent to an activating group) is 1. The maximum Gasteiger partial charge on any atom is 0.191 e. The molecule has 0 saturated carbocycles. The number of rotatable bonds is 5. The van der Waals surface area contributed by atoms with Crippen molar-refractivity contribution in [3.63, 3.8) is 0 Å². The highest BCUT2D eigenvalue weighted by molar-refractivity contribution is 14.0. The summed E-state index contributed by atoms with van der Waals surface area (Å²) in [6.07, 6.45) is 1.27. The van der Waals surface area contributed by atoms with E-state index in [1.165, 1.54) is 32.6 Å². The fraction of sp³-hybridized carbons (Fsp3) is 0.923. The largest absolute Gasteiger partial charge is 0.357 e. The van der Waals surface area contributed by atoms with Crippen LogP contribution in [0.4, 0.5) is 0 Å². The average Bonchev–Trinajstić information content (AvgIpc) is 2.55. The van der Waals surface area contributed by atoms with Crippen LogP contribution in [-0.2, 0) is 0 Å².